The van der Waals surface area contributed by atoms with E-state index in [2.05, 4.69) is 22.9 Å². The molecule has 0 atom stereocenters. The molecule has 1 aromatic carbocycles. The molecule has 1 aliphatic rings. The summed E-state index contributed by atoms with van der Waals surface area (Å²) in [6, 6.07) is 5.90. The predicted molar refractivity (Wildman–Crippen MR) is 80.0 cm³/mol. The summed E-state index contributed by atoms with van der Waals surface area (Å²) >= 11 is 3.54. The minimum absolute atomic E-state index is 0.0566. The second kappa shape index (κ2) is 7.06. The van der Waals surface area contributed by atoms with Crippen LogP contribution in [0.15, 0.2) is 22.7 Å². The summed E-state index contributed by atoms with van der Waals surface area (Å²) in [5.41, 5.74) is 2.05. The van der Waals surface area contributed by atoms with E-state index in [-0.39, 0.29) is 5.91 Å². The Labute approximate surface area is 123 Å². The van der Waals surface area contributed by atoms with Crippen LogP contribution < -0.4 is 5.06 Å². The molecule has 4 heteroatoms. The van der Waals surface area contributed by atoms with Gasteiger partial charge in [-0.2, -0.15) is 5.06 Å². The Morgan fingerprint density at radius 2 is 2.11 bits per heavy atom. The molecule has 19 heavy (non-hydrogen) atoms. The van der Waals surface area contributed by atoms with Crippen LogP contribution in [0.5, 0.6) is 0 Å². The predicted octanol–water partition coefficient (Wildman–Crippen LogP) is 4.24. The maximum absolute atomic E-state index is 12.0. The van der Waals surface area contributed by atoms with Crippen molar-refractivity contribution in [2.24, 2.45) is 0 Å². The van der Waals surface area contributed by atoms with Crippen LogP contribution in [0.1, 0.15) is 44.6 Å². The molecule has 0 saturated carbocycles. The van der Waals surface area contributed by atoms with Crippen molar-refractivity contribution in [3.63, 3.8) is 0 Å². The second-order valence-corrected chi connectivity index (χ2v) is 5.67. The molecule has 0 N–H and O–H groups in total. The lowest BCUT2D eigenvalue weighted by Crippen LogP contribution is -2.35. The minimum atomic E-state index is 0.0566. The number of rotatable bonds is 6. The number of carbonyl (C=O) groups is 1. The SMILES string of the molecule is CCCCCCON1C(=O)CCc2c(Br)cccc21. The average Bonchev–Trinajstić information content (AvgIpc) is 2.41. The number of amides is 1. The van der Waals surface area contributed by atoms with Gasteiger partial charge in [-0.15, -0.1) is 0 Å². The van der Waals surface area contributed by atoms with Gasteiger partial charge in [-0.25, -0.2) is 0 Å². The van der Waals surface area contributed by atoms with Crippen molar-refractivity contribution in [3.05, 3.63) is 28.2 Å². The molecule has 0 spiro atoms. The lowest BCUT2D eigenvalue weighted by Gasteiger charge is -2.28. The van der Waals surface area contributed by atoms with Crippen molar-refractivity contribution in [1.29, 1.82) is 0 Å². The molecule has 1 aliphatic heterocycles. The van der Waals surface area contributed by atoms with Gasteiger partial charge in [0.25, 0.3) is 5.91 Å². The highest BCUT2D eigenvalue weighted by molar-refractivity contribution is 9.10. The highest BCUT2D eigenvalue weighted by Gasteiger charge is 2.26. The Balaban J connectivity index is 2.00. The summed E-state index contributed by atoms with van der Waals surface area (Å²) in [6.07, 6.45) is 5.89. The van der Waals surface area contributed by atoms with Gasteiger partial charge in [-0.1, -0.05) is 48.2 Å². The maximum Gasteiger partial charge on any atom is 0.251 e. The second-order valence-electron chi connectivity index (χ2n) is 4.82. The summed E-state index contributed by atoms with van der Waals surface area (Å²) in [7, 11) is 0. The molecular formula is C15H20BrNO2. The van der Waals surface area contributed by atoms with Gasteiger partial charge in [0.15, 0.2) is 0 Å². The summed E-state index contributed by atoms with van der Waals surface area (Å²) in [4.78, 5) is 17.7. The molecule has 104 valence electrons. The van der Waals surface area contributed by atoms with Crippen molar-refractivity contribution >= 4 is 27.5 Å². The summed E-state index contributed by atoms with van der Waals surface area (Å²) < 4.78 is 1.05. The van der Waals surface area contributed by atoms with Crippen LogP contribution in [-0.2, 0) is 16.1 Å². The number of hydrogen-bond donors (Lipinski definition) is 0. The highest BCUT2D eigenvalue weighted by Crippen LogP contribution is 2.33. The molecule has 0 aromatic heterocycles. The third kappa shape index (κ3) is 3.57. The monoisotopic (exact) mass is 325 g/mol. The van der Waals surface area contributed by atoms with Gasteiger partial charge < -0.3 is 0 Å². The fourth-order valence-corrected chi connectivity index (χ4v) is 2.83. The molecule has 1 aromatic rings. The number of hydroxylamine groups is 1. The van der Waals surface area contributed by atoms with E-state index in [9.17, 15) is 4.79 Å². The molecule has 0 saturated heterocycles. The van der Waals surface area contributed by atoms with Crippen LogP contribution in [0, 0.1) is 0 Å². The maximum atomic E-state index is 12.0. The van der Waals surface area contributed by atoms with Gasteiger partial charge >= 0.3 is 0 Å². The zero-order chi connectivity index (χ0) is 13.7. The summed E-state index contributed by atoms with van der Waals surface area (Å²) in [5.74, 6) is 0.0566. The van der Waals surface area contributed by atoms with Crippen molar-refractivity contribution in [1.82, 2.24) is 0 Å². The number of benzene rings is 1. The Bertz CT molecular complexity index is 448. The van der Waals surface area contributed by atoms with Crippen molar-refractivity contribution in [3.8, 4) is 0 Å². The number of unbranched alkanes of at least 4 members (excludes halogenated alkanes) is 3. The number of halogens is 1. The standard InChI is InChI=1S/C15H20BrNO2/c1-2-3-4-5-11-19-17-14-8-6-7-13(16)12(14)9-10-15(17)18/h6-8H,2-5,9-11H2,1H3. The summed E-state index contributed by atoms with van der Waals surface area (Å²) in [6.45, 7) is 2.79. The molecule has 1 heterocycles. The number of carbonyl (C=O) groups excluding carboxylic acids is 1. The van der Waals surface area contributed by atoms with Crippen molar-refractivity contribution in [2.45, 2.75) is 45.4 Å². The topological polar surface area (TPSA) is 29.5 Å². The van der Waals surface area contributed by atoms with Gasteiger partial charge in [0.1, 0.15) is 0 Å². The third-order valence-corrected chi connectivity index (χ3v) is 4.09. The van der Waals surface area contributed by atoms with Crippen LogP contribution >= 0.6 is 15.9 Å². The first-order valence-corrected chi connectivity index (χ1v) is 7.76. The first-order valence-electron chi connectivity index (χ1n) is 6.97. The number of hydrogen-bond acceptors (Lipinski definition) is 2. The van der Waals surface area contributed by atoms with Crippen LogP contribution in [0.4, 0.5) is 5.69 Å². The van der Waals surface area contributed by atoms with Crippen LogP contribution in [0.2, 0.25) is 0 Å². The van der Waals surface area contributed by atoms with E-state index in [0.29, 0.717) is 13.0 Å². The van der Waals surface area contributed by atoms with Crippen LogP contribution in [0.3, 0.4) is 0 Å². The molecular weight excluding hydrogens is 306 g/mol. The van der Waals surface area contributed by atoms with E-state index >= 15 is 0 Å². The van der Waals surface area contributed by atoms with Gasteiger partial charge in [-0.05, 0) is 30.5 Å². The zero-order valence-corrected chi connectivity index (χ0v) is 12.9. The summed E-state index contributed by atoms with van der Waals surface area (Å²) in [5, 5.41) is 1.48. The first-order chi connectivity index (χ1) is 9.24. The lowest BCUT2D eigenvalue weighted by molar-refractivity contribution is -0.126. The van der Waals surface area contributed by atoms with E-state index in [4.69, 9.17) is 4.84 Å². The van der Waals surface area contributed by atoms with Gasteiger partial charge in [0.05, 0.1) is 12.3 Å². The normalized spacial score (nSPS) is 14.6. The Hall–Kier alpha value is -0.870. The van der Waals surface area contributed by atoms with Crippen molar-refractivity contribution < 1.29 is 9.63 Å². The third-order valence-electron chi connectivity index (χ3n) is 3.35. The molecule has 0 aliphatic carbocycles. The fourth-order valence-electron chi connectivity index (χ4n) is 2.28. The van der Waals surface area contributed by atoms with Gasteiger partial charge in [0, 0.05) is 10.9 Å². The van der Waals surface area contributed by atoms with Gasteiger partial charge in [-0.3, -0.25) is 9.63 Å². The van der Waals surface area contributed by atoms with Crippen molar-refractivity contribution in [2.75, 3.05) is 11.7 Å². The molecule has 0 bridgehead atoms. The van der Waals surface area contributed by atoms with Crippen LogP contribution in [-0.4, -0.2) is 12.5 Å². The average molecular weight is 326 g/mol. The van der Waals surface area contributed by atoms with Crippen LogP contribution in [0.25, 0.3) is 0 Å². The largest absolute Gasteiger partial charge is 0.272 e. The smallest absolute Gasteiger partial charge is 0.251 e. The van der Waals surface area contributed by atoms with E-state index in [1.54, 1.807) is 0 Å². The quantitative estimate of drug-likeness (QED) is 0.732. The molecule has 2 rings (SSSR count). The van der Waals surface area contributed by atoms with E-state index in [1.165, 1.54) is 17.9 Å². The Morgan fingerprint density at radius 3 is 2.89 bits per heavy atom. The Morgan fingerprint density at radius 1 is 1.26 bits per heavy atom. The number of nitrogens with zero attached hydrogens (tertiary/aromatic N) is 1. The van der Waals surface area contributed by atoms with Gasteiger partial charge in [0.2, 0.25) is 0 Å². The van der Waals surface area contributed by atoms with E-state index < -0.39 is 0 Å². The molecule has 0 fully saturated rings. The molecule has 0 radical (unpaired) electrons. The fraction of sp³-hybridized carbons (Fsp3) is 0.533. The highest BCUT2D eigenvalue weighted by atomic mass is 79.9. The number of anilines is 1. The first kappa shape index (κ1) is 14.5. The molecule has 0 unspecified atom stereocenters. The lowest BCUT2D eigenvalue weighted by atomic mass is 10.0. The minimum Gasteiger partial charge on any atom is -0.272 e. The van der Waals surface area contributed by atoms with E-state index in [1.807, 2.05) is 18.2 Å². The Kier molecular flexibility index (Phi) is 5.40. The molecule has 3 nitrogen and oxygen atoms in total. The number of fused-ring (bicyclic) bond motifs is 1. The molecule has 1 amide bonds. The van der Waals surface area contributed by atoms with E-state index in [0.717, 1.165) is 35.0 Å². The zero-order valence-electron chi connectivity index (χ0n) is 11.3.